The van der Waals surface area contributed by atoms with E-state index < -0.39 is 24.5 Å². The number of nitrogens with zero attached hydrogens (tertiary/aromatic N) is 1. The second-order valence-electron chi connectivity index (χ2n) is 4.89. The number of hydrogen-bond acceptors (Lipinski definition) is 4. The Morgan fingerprint density at radius 3 is 2.43 bits per heavy atom. The molecule has 6 nitrogen and oxygen atoms in total. The Balaban J connectivity index is 2.77. The van der Waals surface area contributed by atoms with Gasteiger partial charge in [0, 0.05) is 18.6 Å². The quantitative estimate of drug-likeness (QED) is 0.335. The van der Waals surface area contributed by atoms with Crippen molar-refractivity contribution in [3.8, 4) is 0 Å². The maximum atomic E-state index is 12.4. The van der Waals surface area contributed by atoms with E-state index in [1.807, 2.05) is 0 Å². The van der Waals surface area contributed by atoms with Crippen LogP contribution < -0.4 is 5.32 Å². The van der Waals surface area contributed by atoms with E-state index >= 15 is 0 Å². The van der Waals surface area contributed by atoms with Crippen LogP contribution in [0.2, 0.25) is 5.02 Å². The number of carbonyl (C=O) groups is 3. The lowest BCUT2D eigenvalue weighted by Crippen LogP contribution is -2.42. The van der Waals surface area contributed by atoms with Crippen molar-refractivity contribution < 1.29 is 19.5 Å². The molecule has 23 heavy (non-hydrogen) atoms. The van der Waals surface area contributed by atoms with Gasteiger partial charge in [-0.3, -0.25) is 9.59 Å². The van der Waals surface area contributed by atoms with Crippen LogP contribution in [0, 0.1) is 0 Å². The van der Waals surface area contributed by atoms with Gasteiger partial charge in [-0.25, -0.2) is 0 Å². The van der Waals surface area contributed by atoms with Crippen molar-refractivity contribution >= 4 is 29.7 Å². The van der Waals surface area contributed by atoms with Crippen LogP contribution in [0.25, 0.3) is 0 Å². The lowest BCUT2D eigenvalue weighted by molar-refractivity contribution is -0.130. The van der Waals surface area contributed by atoms with Crippen LogP contribution in [0.5, 0.6) is 0 Å². The van der Waals surface area contributed by atoms with Gasteiger partial charge in [0.15, 0.2) is 0 Å². The second-order valence-corrected chi connectivity index (χ2v) is 5.33. The molecule has 7 heteroatoms. The number of benzene rings is 1. The zero-order valence-electron chi connectivity index (χ0n) is 13.0. The lowest BCUT2D eigenvalue weighted by atomic mass is 10.1. The van der Waals surface area contributed by atoms with Crippen molar-refractivity contribution in [1.29, 1.82) is 0 Å². The molecule has 0 aliphatic carbocycles. The first-order valence-corrected chi connectivity index (χ1v) is 7.34. The van der Waals surface area contributed by atoms with E-state index in [9.17, 15) is 14.4 Å². The molecule has 1 atom stereocenters. The Hall–Kier alpha value is -2.18. The zero-order chi connectivity index (χ0) is 17.4. The molecule has 0 bridgehead atoms. The Labute approximate surface area is 139 Å². The predicted octanol–water partition coefficient (Wildman–Crippen LogP) is 0.921. The summed E-state index contributed by atoms with van der Waals surface area (Å²) in [6, 6.07) is 5.97. The zero-order valence-corrected chi connectivity index (χ0v) is 13.7. The highest BCUT2D eigenvalue weighted by molar-refractivity contribution is 6.30. The highest BCUT2D eigenvalue weighted by Crippen LogP contribution is 2.12. The maximum Gasteiger partial charge on any atom is 0.259 e. The lowest BCUT2D eigenvalue weighted by Gasteiger charge is -2.19. The largest absolute Gasteiger partial charge is 0.394 e. The van der Waals surface area contributed by atoms with Crippen molar-refractivity contribution in [2.45, 2.75) is 19.5 Å². The first-order chi connectivity index (χ1) is 10.9. The summed E-state index contributed by atoms with van der Waals surface area (Å²) in [5.41, 5.74) is 0.768. The molecule has 0 fully saturated rings. The van der Waals surface area contributed by atoms with Gasteiger partial charge in [0.05, 0.1) is 6.61 Å². The number of rotatable bonds is 7. The molecule has 2 N–H and O–H groups in total. The molecule has 2 amide bonds. The number of aliphatic hydroxyl groups is 1. The number of hydrogen-bond donors (Lipinski definition) is 2. The average molecular weight is 339 g/mol. The molecule has 0 radical (unpaired) electrons. The monoisotopic (exact) mass is 338 g/mol. The molecule has 0 saturated heterocycles. The summed E-state index contributed by atoms with van der Waals surface area (Å²) in [6.45, 7) is 1.33. The van der Waals surface area contributed by atoms with Gasteiger partial charge < -0.3 is 20.1 Å². The topological polar surface area (TPSA) is 86.7 Å². The van der Waals surface area contributed by atoms with Crippen molar-refractivity contribution in [2.24, 2.45) is 0 Å². The minimum absolute atomic E-state index is 0.0956. The van der Waals surface area contributed by atoms with E-state index in [1.54, 1.807) is 38.2 Å². The van der Waals surface area contributed by atoms with Gasteiger partial charge in [-0.05, 0) is 24.6 Å². The molecule has 0 unspecified atom stereocenters. The summed E-state index contributed by atoms with van der Waals surface area (Å²) in [6.07, 6.45) is 1.78. The van der Waals surface area contributed by atoms with Gasteiger partial charge >= 0.3 is 0 Å². The van der Waals surface area contributed by atoms with Gasteiger partial charge in [-0.15, -0.1) is 0 Å². The predicted molar refractivity (Wildman–Crippen MR) is 86.8 cm³/mol. The van der Waals surface area contributed by atoms with Gasteiger partial charge in [0.1, 0.15) is 17.9 Å². The van der Waals surface area contributed by atoms with E-state index in [2.05, 4.69) is 5.32 Å². The third-order valence-corrected chi connectivity index (χ3v) is 3.37. The molecule has 1 rings (SSSR count). The summed E-state index contributed by atoms with van der Waals surface area (Å²) in [5, 5.41) is 11.8. The SMILES string of the molecule is C/C=C(/C(=O)N[C@H](C=O)CO)C(=O)N(C)Cc1ccc(Cl)cc1. The van der Waals surface area contributed by atoms with Crippen LogP contribution in [0.3, 0.4) is 0 Å². The molecule has 0 aliphatic heterocycles. The van der Waals surface area contributed by atoms with E-state index in [-0.39, 0.29) is 5.57 Å². The van der Waals surface area contributed by atoms with E-state index in [1.165, 1.54) is 11.0 Å². The first kappa shape index (κ1) is 18.9. The minimum Gasteiger partial charge on any atom is -0.394 e. The molecule has 0 spiro atoms. The third kappa shape index (κ3) is 5.50. The number of likely N-dealkylation sites (N-methyl/N-ethyl adjacent to an activating group) is 1. The van der Waals surface area contributed by atoms with Crippen LogP contribution in [0.1, 0.15) is 12.5 Å². The summed E-state index contributed by atoms with van der Waals surface area (Å²) < 4.78 is 0. The molecular weight excluding hydrogens is 320 g/mol. The molecule has 0 aromatic heterocycles. The number of aldehydes is 1. The molecule has 1 aromatic carbocycles. The van der Waals surface area contributed by atoms with Crippen molar-refractivity contribution in [3.05, 3.63) is 46.5 Å². The minimum atomic E-state index is -1.04. The Morgan fingerprint density at radius 1 is 1.35 bits per heavy atom. The fraction of sp³-hybridized carbons (Fsp3) is 0.312. The Bertz CT molecular complexity index is 599. The van der Waals surface area contributed by atoms with Gasteiger partial charge in [0.25, 0.3) is 11.8 Å². The van der Waals surface area contributed by atoms with Crippen molar-refractivity contribution in [3.63, 3.8) is 0 Å². The van der Waals surface area contributed by atoms with Crippen LogP contribution in [0.4, 0.5) is 0 Å². The summed E-state index contributed by atoms with van der Waals surface area (Å²) in [4.78, 5) is 36.4. The number of halogens is 1. The second kappa shape index (κ2) is 9.07. The molecule has 124 valence electrons. The molecule has 1 aromatic rings. The maximum absolute atomic E-state index is 12.4. The van der Waals surface area contributed by atoms with E-state index in [0.717, 1.165) is 5.56 Å². The number of allylic oxidation sites excluding steroid dienone is 1. The van der Waals surface area contributed by atoms with Crippen LogP contribution in [-0.2, 0) is 20.9 Å². The number of carbonyl (C=O) groups excluding carboxylic acids is 3. The standard InChI is InChI=1S/C16H19ClN2O4/c1-3-14(15(22)18-13(9-20)10-21)16(23)19(2)8-11-4-6-12(17)7-5-11/h3-7,9,13,21H,8,10H2,1-2H3,(H,18,22)/b14-3-/t13-/m1/s1. The van der Waals surface area contributed by atoms with Gasteiger partial charge in [-0.2, -0.15) is 0 Å². The average Bonchev–Trinajstić information content (AvgIpc) is 2.55. The van der Waals surface area contributed by atoms with Crippen LogP contribution in [-0.4, -0.2) is 47.8 Å². The normalized spacial score (nSPS) is 12.4. The Kier molecular flexibility index (Phi) is 7.44. The van der Waals surface area contributed by atoms with Crippen LogP contribution in [0.15, 0.2) is 35.9 Å². The van der Waals surface area contributed by atoms with Crippen LogP contribution >= 0.6 is 11.6 Å². The summed E-state index contributed by atoms with van der Waals surface area (Å²) in [5.74, 6) is -1.19. The van der Waals surface area contributed by atoms with Gasteiger partial charge in [-0.1, -0.05) is 29.8 Å². The number of nitrogens with one attached hydrogen (secondary N) is 1. The molecule has 0 aliphatic rings. The highest BCUT2D eigenvalue weighted by Gasteiger charge is 2.23. The fourth-order valence-corrected chi connectivity index (χ4v) is 1.99. The summed E-state index contributed by atoms with van der Waals surface area (Å²) in [7, 11) is 1.57. The Morgan fingerprint density at radius 2 is 1.96 bits per heavy atom. The van der Waals surface area contributed by atoms with Gasteiger partial charge in [0.2, 0.25) is 0 Å². The summed E-state index contributed by atoms with van der Waals surface area (Å²) >= 11 is 5.81. The smallest absolute Gasteiger partial charge is 0.259 e. The van der Waals surface area contributed by atoms with E-state index in [4.69, 9.17) is 16.7 Å². The molecule has 0 heterocycles. The molecular formula is C16H19ClN2O4. The number of amides is 2. The van der Waals surface area contributed by atoms with Crippen molar-refractivity contribution in [1.82, 2.24) is 10.2 Å². The van der Waals surface area contributed by atoms with Crippen molar-refractivity contribution in [2.75, 3.05) is 13.7 Å². The van der Waals surface area contributed by atoms with E-state index in [0.29, 0.717) is 17.9 Å². The third-order valence-electron chi connectivity index (χ3n) is 3.12. The first-order valence-electron chi connectivity index (χ1n) is 6.96. The fourth-order valence-electron chi connectivity index (χ4n) is 1.86. The molecule has 0 saturated carbocycles. The number of aliphatic hydroxyl groups excluding tert-OH is 1. The highest BCUT2D eigenvalue weighted by atomic mass is 35.5.